The lowest BCUT2D eigenvalue weighted by atomic mass is 9.99. The number of amides is 1. The number of hydrogen-bond donors (Lipinski definition) is 0. The lowest BCUT2D eigenvalue weighted by Gasteiger charge is -2.31. The third-order valence-corrected chi connectivity index (χ3v) is 4.84. The van der Waals surface area contributed by atoms with E-state index in [1.54, 1.807) is 6.92 Å². The van der Waals surface area contributed by atoms with Crippen LogP contribution in [0, 0.1) is 5.92 Å². The second-order valence-electron chi connectivity index (χ2n) is 4.77. The van der Waals surface area contributed by atoms with Gasteiger partial charge in [0.05, 0.1) is 0 Å². The number of carbonyl (C=O) groups excluding carboxylic acids is 1. The van der Waals surface area contributed by atoms with Crippen molar-refractivity contribution in [2.45, 2.75) is 38.9 Å². The van der Waals surface area contributed by atoms with Crippen molar-refractivity contribution in [1.82, 2.24) is 4.90 Å². The Morgan fingerprint density at radius 2 is 2.06 bits per heavy atom. The molecule has 0 aromatic rings. The maximum atomic E-state index is 12.1. The molecule has 4 heteroatoms. The van der Waals surface area contributed by atoms with Crippen LogP contribution in [0.1, 0.15) is 33.6 Å². The molecule has 0 unspecified atom stereocenters. The highest BCUT2D eigenvalue weighted by molar-refractivity contribution is 7.86. The van der Waals surface area contributed by atoms with Crippen LogP contribution in [-0.4, -0.2) is 39.1 Å². The summed E-state index contributed by atoms with van der Waals surface area (Å²) >= 11 is 0. The molecule has 1 amide bonds. The normalized spacial score (nSPS) is 21.7. The predicted octanol–water partition coefficient (Wildman–Crippen LogP) is 1.96. The van der Waals surface area contributed by atoms with Crippen molar-refractivity contribution in [1.29, 1.82) is 0 Å². The molecular formula is C13H23NO2S. The Morgan fingerprint density at radius 1 is 1.47 bits per heavy atom. The van der Waals surface area contributed by atoms with Gasteiger partial charge in [0.25, 0.3) is 0 Å². The molecule has 1 aliphatic heterocycles. The second-order valence-corrected chi connectivity index (χ2v) is 6.57. The molecule has 1 fully saturated rings. The van der Waals surface area contributed by atoms with Gasteiger partial charge in [0.2, 0.25) is 5.91 Å². The van der Waals surface area contributed by atoms with Crippen molar-refractivity contribution in [3.63, 3.8) is 0 Å². The molecule has 0 radical (unpaired) electrons. The van der Waals surface area contributed by atoms with Crippen molar-refractivity contribution in [3.8, 4) is 0 Å². The molecule has 98 valence electrons. The molecule has 0 saturated carbocycles. The van der Waals surface area contributed by atoms with Gasteiger partial charge in [0, 0.05) is 29.6 Å². The topological polar surface area (TPSA) is 37.4 Å². The van der Waals surface area contributed by atoms with Gasteiger partial charge in [-0.05, 0) is 32.6 Å². The van der Waals surface area contributed by atoms with Crippen molar-refractivity contribution >= 4 is 16.7 Å². The molecule has 1 aliphatic rings. The highest BCUT2D eigenvalue weighted by Gasteiger charge is 2.27. The molecule has 1 rings (SSSR count). The predicted molar refractivity (Wildman–Crippen MR) is 72.3 cm³/mol. The van der Waals surface area contributed by atoms with Crippen molar-refractivity contribution < 1.29 is 9.00 Å². The average molecular weight is 257 g/mol. The van der Waals surface area contributed by atoms with E-state index in [9.17, 15) is 9.00 Å². The quantitative estimate of drug-likeness (QED) is 0.722. The van der Waals surface area contributed by atoms with E-state index >= 15 is 0 Å². The van der Waals surface area contributed by atoms with Crippen LogP contribution in [0.5, 0.6) is 0 Å². The highest BCUT2D eigenvalue weighted by atomic mass is 32.2. The summed E-state index contributed by atoms with van der Waals surface area (Å²) in [6, 6.07) is 0. The summed E-state index contributed by atoms with van der Waals surface area (Å²) in [7, 11) is -1.08. The van der Waals surface area contributed by atoms with Crippen molar-refractivity contribution in [2.24, 2.45) is 5.92 Å². The average Bonchev–Trinajstić information content (AvgIpc) is 2.35. The third kappa shape index (κ3) is 4.26. The summed E-state index contributed by atoms with van der Waals surface area (Å²) in [5.41, 5.74) is 0. The minimum Gasteiger partial charge on any atom is -0.342 e. The van der Waals surface area contributed by atoms with Crippen LogP contribution in [0.2, 0.25) is 0 Å². The van der Waals surface area contributed by atoms with Crippen LogP contribution in [-0.2, 0) is 15.6 Å². The van der Waals surface area contributed by atoms with E-state index in [-0.39, 0.29) is 11.2 Å². The van der Waals surface area contributed by atoms with Crippen LogP contribution in [0.15, 0.2) is 12.2 Å². The zero-order valence-electron chi connectivity index (χ0n) is 11.0. The smallest absolute Gasteiger partial charge is 0.238 e. The standard InChI is InChI=1S/C13H23NO2S/c1-4-5-10-17(16)12(3)13(15)14-8-6-11(2)7-9-14/h4-5,11-12H,6-10H2,1-3H3/b5-4+/t12-,17+/m1/s1. The number of carbonyl (C=O) groups is 1. The van der Waals surface area contributed by atoms with Crippen LogP contribution in [0.25, 0.3) is 0 Å². The zero-order valence-corrected chi connectivity index (χ0v) is 11.8. The van der Waals surface area contributed by atoms with Crippen molar-refractivity contribution in [3.05, 3.63) is 12.2 Å². The molecule has 0 aromatic heterocycles. The monoisotopic (exact) mass is 257 g/mol. The van der Waals surface area contributed by atoms with Gasteiger partial charge in [-0.2, -0.15) is 0 Å². The molecule has 0 bridgehead atoms. The summed E-state index contributed by atoms with van der Waals surface area (Å²) < 4.78 is 11.9. The highest BCUT2D eigenvalue weighted by Crippen LogP contribution is 2.17. The largest absolute Gasteiger partial charge is 0.342 e. The SMILES string of the molecule is C/C=C/C[S@](=O)[C@H](C)C(=O)N1CCC(C)CC1. The molecule has 0 aliphatic carbocycles. The Kier molecular flexibility index (Phi) is 5.89. The second kappa shape index (κ2) is 6.94. The Labute approximate surface area is 107 Å². The zero-order chi connectivity index (χ0) is 12.8. The first kappa shape index (κ1) is 14.4. The molecule has 1 saturated heterocycles. The first-order chi connectivity index (χ1) is 8.06. The molecule has 0 N–H and O–H groups in total. The first-order valence-corrected chi connectivity index (χ1v) is 7.71. The Balaban J connectivity index is 2.48. The minimum atomic E-state index is -1.08. The van der Waals surface area contributed by atoms with Gasteiger partial charge in [-0.1, -0.05) is 19.1 Å². The molecule has 2 atom stereocenters. The fourth-order valence-corrected chi connectivity index (χ4v) is 2.98. The van der Waals surface area contributed by atoms with Gasteiger partial charge in [-0.25, -0.2) is 0 Å². The molecule has 1 heterocycles. The fraction of sp³-hybridized carbons (Fsp3) is 0.769. The fourth-order valence-electron chi connectivity index (χ4n) is 1.93. The number of piperidine rings is 1. The van der Waals surface area contributed by atoms with E-state index in [0.717, 1.165) is 25.9 Å². The molecule has 0 aromatic carbocycles. The first-order valence-electron chi connectivity index (χ1n) is 6.33. The van der Waals surface area contributed by atoms with Gasteiger partial charge in [0.1, 0.15) is 5.25 Å². The van der Waals surface area contributed by atoms with Gasteiger partial charge in [0.15, 0.2) is 0 Å². The van der Waals surface area contributed by atoms with Crippen LogP contribution in [0.3, 0.4) is 0 Å². The Bertz CT molecular complexity index is 307. The number of likely N-dealkylation sites (tertiary alicyclic amines) is 1. The summed E-state index contributed by atoms with van der Waals surface area (Å²) in [6.45, 7) is 7.54. The third-order valence-electron chi connectivity index (χ3n) is 3.33. The Hall–Kier alpha value is -0.640. The van der Waals surface area contributed by atoms with Gasteiger partial charge in [-0.3, -0.25) is 9.00 Å². The van der Waals surface area contributed by atoms with Gasteiger partial charge >= 0.3 is 0 Å². The number of allylic oxidation sites excluding steroid dienone is 1. The number of hydrogen-bond acceptors (Lipinski definition) is 2. The maximum absolute atomic E-state index is 12.1. The number of nitrogens with zero attached hydrogens (tertiary/aromatic N) is 1. The van der Waals surface area contributed by atoms with E-state index in [0.29, 0.717) is 11.7 Å². The van der Waals surface area contributed by atoms with E-state index in [1.165, 1.54) is 0 Å². The van der Waals surface area contributed by atoms with Gasteiger partial charge in [-0.15, -0.1) is 0 Å². The molecule has 0 spiro atoms. The van der Waals surface area contributed by atoms with Gasteiger partial charge < -0.3 is 4.90 Å². The van der Waals surface area contributed by atoms with E-state index in [1.807, 2.05) is 24.0 Å². The van der Waals surface area contributed by atoms with E-state index in [4.69, 9.17) is 0 Å². The van der Waals surface area contributed by atoms with Crippen LogP contribution >= 0.6 is 0 Å². The summed E-state index contributed by atoms with van der Waals surface area (Å²) in [5, 5.41) is -0.375. The maximum Gasteiger partial charge on any atom is 0.238 e. The lowest BCUT2D eigenvalue weighted by Crippen LogP contribution is -2.44. The Morgan fingerprint density at radius 3 is 2.59 bits per heavy atom. The minimum absolute atomic E-state index is 0.0553. The summed E-state index contributed by atoms with van der Waals surface area (Å²) in [6.07, 6.45) is 5.87. The molecule has 17 heavy (non-hydrogen) atoms. The van der Waals surface area contributed by atoms with E-state index < -0.39 is 10.8 Å². The molecule has 3 nitrogen and oxygen atoms in total. The summed E-state index contributed by atoms with van der Waals surface area (Å²) in [4.78, 5) is 14.0. The molecular weight excluding hydrogens is 234 g/mol. The van der Waals surface area contributed by atoms with Crippen molar-refractivity contribution in [2.75, 3.05) is 18.8 Å². The summed E-state index contributed by atoms with van der Waals surface area (Å²) in [5.74, 6) is 1.25. The van der Waals surface area contributed by atoms with Crippen LogP contribution in [0.4, 0.5) is 0 Å². The van der Waals surface area contributed by atoms with E-state index in [2.05, 4.69) is 6.92 Å². The lowest BCUT2D eigenvalue weighted by molar-refractivity contribution is -0.131. The van der Waals surface area contributed by atoms with Crippen LogP contribution < -0.4 is 0 Å². The number of rotatable bonds is 4.